The number of aliphatic hydroxyl groups excluding tert-OH is 1. The molecule has 0 saturated heterocycles. The van der Waals surface area contributed by atoms with Gasteiger partial charge in [0.25, 0.3) is 0 Å². The highest BCUT2D eigenvalue weighted by Gasteiger charge is 2.57. The Hall–Kier alpha value is -1.06. The Labute approximate surface area is 145 Å². The molecule has 6 atom stereocenters. The lowest BCUT2D eigenvalue weighted by Crippen LogP contribution is -2.44. The summed E-state index contributed by atoms with van der Waals surface area (Å²) in [5.41, 5.74) is 8.60. The molecule has 3 aliphatic rings. The summed E-state index contributed by atoms with van der Waals surface area (Å²) < 4.78 is 0. The molecule has 0 aliphatic heterocycles. The average molecular weight is 329 g/mol. The third-order valence-corrected chi connectivity index (χ3v) is 7.61. The number of aliphatic hydroxyl groups is 1. The van der Waals surface area contributed by atoms with Crippen LogP contribution in [-0.2, 0) is 6.42 Å². The van der Waals surface area contributed by atoms with Crippen LogP contribution < -0.4 is 5.73 Å². The molecule has 2 saturated carbocycles. The van der Waals surface area contributed by atoms with Crippen LogP contribution in [-0.4, -0.2) is 22.9 Å². The Morgan fingerprint density at radius 1 is 1.29 bits per heavy atom. The summed E-state index contributed by atoms with van der Waals surface area (Å²) in [6.45, 7) is 3.07. The molecule has 4 rings (SSSR count). The molecule has 4 N–H and O–H groups in total. The van der Waals surface area contributed by atoms with E-state index < -0.39 is 0 Å². The highest BCUT2D eigenvalue weighted by molar-refractivity contribution is 5.40. The van der Waals surface area contributed by atoms with Crippen LogP contribution in [0.2, 0.25) is 0 Å². The summed E-state index contributed by atoms with van der Waals surface area (Å²) in [6.07, 6.45) is 7.70. The molecule has 1 aromatic rings. The zero-order valence-corrected chi connectivity index (χ0v) is 14.7. The quantitative estimate of drug-likeness (QED) is 0.794. The van der Waals surface area contributed by atoms with Gasteiger partial charge in [-0.3, -0.25) is 0 Å². The number of nitrogens with two attached hydrogens (primary N) is 1. The number of hydrogen-bond donors (Lipinski definition) is 3. The number of phenols is 1. The molecule has 0 heterocycles. The van der Waals surface area contributed by atoms with Gasteiger partial charge in [-0.2, -0.15) is 0 Å². The lowest BCUT2D eigenvalue weighted by molar-refractivity contribution is -0.0334. The maximum atomic E-state index is 11.0. The lowest BCUT2D eigenvalue weighted by atomic mass is 9.55. The van der Waals surface area contributed by atoms with Crippen molar-refractivity contribution in [1.29, 1.82) is 0 Å². The van der Waals surface area contributed by atoms with E-state index in [1.807, 2.05) is 12.1 Å². The maximum Gasteiger partial charge on any atom is 0.115 e. The van der Waals surface area contributed by atoms with Crippen molar-refractivity contribution in [2.45, 2.75) is 63.9 Å². The number of benzene rings is 1. The molecule has 3 nitrogen and oxygen atoms in total. The smallest absolute Gasteiger partial charge is 0.115 e. The van der Waals surface area contributed by atoms with Gasteiger partial charge in [0.1, 0.15) is 5.75 Å². The van der Waals surface area contributed by atoms with E-state index in [9.17, 15) is 10.2 Å². The molecule has 0 bridgehead atoms. The van der Waals surface area contributed by atoms with Crippen molar-refractivity contribution in [3.8, 4) is 5.75 Å². The fraction of sp³-hybridized carbons (Fsp3) is 0.714. The van der Waals surface area contributed by atoms with Crippen molar-refractivity contribution < 1.29 is 10.2 Å². The van der Waals surface area contributed by atoms with E-state index in [0.717, 1.165) is 32.2 Å². The van der Waals surface area contributed by atoms with Gasteiger partial charge in [-0.1, -0.05) is 13.0 Å². The summed E-state index contributed by atoms with van der Waals surface area (Å²) in [5, 5.41) is 20.8. The molecule has 3 heteroatoms. The molecule has 0 aromatic heterocycles. The van der Waals surface area contributed by atoms with Crippen LogP contribution in [0.1, 0.15) is 62.5 Å². The maximum absolute atomic E-state index is 11.0. The summed E-state index contributed by atoms with van der Waals surface area (Å²) in [5.74, 6) is 2.77. The first-order valence-corrected chi connectivity index (χ1v) is 9.74. The van der Waals surface area contributed by atoms with Crippen LogP contribution in [0.5, 0.6) is 5.75 Å². The van der Waals surface area contributed by atoms with Crippen LogP contribution >= 0.6 is 0 Å². The summed E-state index contributed by atoms with van der Waals surface area (Å²) in [4.78, 5) is 0. The van der Waals surface area contributed by atoms with Gasteiger partial charge in [0.05, 0.1) is 6.10 Å². The molecule has 3 aliphatic carbocycles. The Morgan fingerprint density at radius 2 is 2.12 bits per heavy atom. The first-order chi connectivity index (χ1) is 11.5. The molecule has 132 valence electrons. The van der Waals surface area contributed by atoms with Gasteiger partial charge in [0, 0.05) is 0 Å². The van der Waals surface area contributed by atoms with E-state index in [0.29, 0.717) is 29.4 Å². The third-order valence-electron chi connectivity index (χ3n) is 7.61. The largest absolute Gasteiger partial charge is 0.508 e. The third kappa shape index (κ3) is 2.40. The minimum Gasteiger partial charge on any atom is -0.508 e. The molecule has 1 unspecified atom stereocenters. The Balaban J connectivity index is 1.61. The zero-order valence-electron chi connectivity index (χ0n) is 14.7. The molecule has 24 heavy (non-hydrogen) atoms. The number of aromatic hydroxyl groups is 1. The fourth-order valence-electron chi connectivity index (χ4n) is 6.38. The van der Waals surface area contributed by atoms with Crippen LogP contribution in [0.3, 0.4) is 0 Å². The SMILES string of the molecule is C[C@]12CC[C@@H]3c4ccc(O)cc4CC[C@H]3[C@@H]1CC(CCCN)[C@H]2O. The minimum atomic E-state index is -0.156. The molecule has 0 radical (unpaired) electrons. The monoisotopic (exact) mass is 329 g/mol. The first kappa shape index (κ1) is 16.4. The molecule has 0 spiro atoms. The first-order valence-electron chi connectivity index (χ1n) is 9.74. The van der Waals surface area contributed by atoms with Crippen molar-refractivity contribution >= 4 is 0 Å². The lowest BCUT2D eigenvalue weighted by Gasteiger charge is -2.50. The van der Waals surface area contributed by atoms with Crippen LogP contribution in [0.4, 0.5) is 0 Å². The second-order valence-corrected chi connectivity index (χ2v) is 8.71. The second-order valence-electron chi connectivity index (χ2n) is 8.71. The Kier molecular flexibility index (Phi) is 4.12. The molecule has 0 amide bonds. The zero-order chi connectivity index (χ0) is 16.9. The van der Waals surface area contributed by atoms with Crippen molar-refractivity contribution in [1.82, 2.24) is 0 Å². The Morgan fingerprint density at radius 3 is 2.92 bits per heavy atom. The fourth-order valence-corrected chi connectivity index (χ4v) is 6.38. The van der Waals surface area contributed by atoms with E-state index in [4.69, 9.17) is 5.73 Å². The van der Waals surface area contributed by atoms with Gasteiger partial charge >= 0.3 is 0 Å². The summed E-state index contributed by atoms with van der Waals surface area (Å²) >= 11 is 0. The van der Waals surface area contributed by atoms with E-state index in [2.05, 4.69) is 13.0 Å². The van der Waals surface area contributed by atoms with Crippen molar-refractivity contribution in [2.24, 2.45) is 28.9 Å². The van der Waals surface area contributed by atoms with Crippen LogP contribution in [0.15, 0.2) is 18.2 Å². The molecular weight excluding hydrogens is 298 g/mol. The van der Waals surface area contributed by atoms with Crippen molar-refractivity contribution in [3.05, 3.63) is 29.3 Å². The van der Waals surface area contributed by atoms with E-state index >= 15 is 0 Å². The average Bonchev–Trinajstić information content (AvgIpc) is 2.84. The second kappa shape index (κ2) is 6.03. The topological polar surface area (TPSA) is 66.5 Å². The number of hydrogen-bond acceptors (Lipinski definition) is 3. The van der Waals surface area contributed by atoms with E-state index in [-0.39, 0.29) is 11.5 Å². The van der Waals surface area contributed by atoms with Gasteiger partial charge in [-0.15, -0.1) is 0 Å². The number of rotatable bonds is 3. The predicted octanol–water partition coefficient (Wildman–Crippen LogP) is 3.57. The summed E-state index contributed by atoms with van der Waals surface area (Å²) in [7, 11) is 0. The number of fused-ring (bicyclic) bond motifs is 5. The predicted molar refractivity (Wildman–Crippen MR) is 95.9 cm³/mol. The van der Waals surface area contributed by atoms with Crippen LogP contribution in [0.25, 0.3) is 0 Å². The van der Waals surface area contributed by atoms with Gasteiger partial charge in [-0.25, -0.2) is 0 Å². The Bertz CT molecular complexity index is 616. The molecule has 2 fully saturated rings. The normalized spacial score (nSPS) is 40.7. The minimum absolute atomic E-state index is 0.0921. The summed E-state index contributed by atoms with van der Waals surface area (Å²) in [6, 6.07) is 5.97. The highest BCUT2D eigenvalue weighted by atomic mass is 16.3. The van der Waals surface area contributed by atoms with Crippen LogP contribution in [0, 0.1) is 23.2 Å². The number of aryl methyl sites for hydroxylation is 1. The molecular formula is C21H31NO2. The van der Waals surface area contributed by atoms with Crippen molar-refractivity contribution in [3.63, 3.8) is 0 Å². The van der Waals surface area contributed by atoms with Crippen molar-refractivity contribution in [2.75, 3.05) is 6.54 Å². The van der Waals surface area contributed by atoms with Gasteiger partial charge in [0.15, 0.2) is 0 Å². The standard InChI is InChI=1S/C21H31NO2/c1-21-9-8-17-16-7-5-15(23)11-13(16)4-6-18(17)19(21)12-14(20(21)24)3-2-10-22/h5,7,11,14,17-20,23-24H,2-4,6,8-10,12,22H2,1H3/t14?,17-,18-,19+,20-,21+/m1/s1. The molecule has 1 aromatic carbocycles. The van der Waals surface area contributed by atoms with Gasteiger partial charge < -0.3 is 15.9 Å². The van der Waals surface area contributed by atoms with E-state index in [1.165, 1.54) is 30.4 Å². The highest BCUT2D eigenvalue weighted by Crippen LogP contribution is 2.62. The van der Waals surface area contributed by atoms with Gasteiger partial charge in [0.2, 0.25) is 0 Å². The van der Waals surface area contributed by atoms with Gasteiger partial charge in [-0.05, 0) is 104 Å². The number of phenolic OH excluding ortho intramolecular Hbond substituents is 1. The van der Waals surface area contributed by atoms with E-state index in [1.54, 1.807) is 0 Å².